The predicted molar refractivity (Wildman–Crippen MR) is 211 cm³/mol. The molecule has 3 aromatic carbocycles. The Balaban J connectivity index is 1.19. The summed E-state index contributed by atoms with van der Waals surface area (Å²) in [5, 5.41) is 11.3. The van der Waals surface area contributed by atoms with Crippen molar-refractivity contribution >= 4 is 40.1 Å². The van der Waals surface area contributed by atoms with E-state index in [1.807, 2.05) is 72.8 Å². The number of aliphatic hydroxyl groups is 1. The minimum atomic E-state index is -0.615. The first kappa shape index (κ1) is 37.5. The zero-order chi connectivity index (χ0) is 37.6. The third-order valence-electron chi connectivity index (χ3n) is 10.4. The summed E-state index contributed by atoms with van der Waals surface area (Å²) in [4.78, 5) is 28.0. The summed E-state index contributed by atoms with van der Waals surface area (Å²) < 4.78 is 18.8. The van der Waals surface area contributed by atoms with Crippen LogP contribution in [0.5, 0.6) is 11.5 Å². The van der Waals surface area contributed by atoms with Crippen LogP contribution in [0.15, 0.2) is 115 Å². The minimum absolute atomic E-state index is 0.0567. The Kier molecular flexibility index (Phi) is 11.8. The average molecular weight is 716 g/mol. The molecular weight excluding hydrogens is 665 g/mol. The lowest BCUT2D eigenvalue weighted by molar-refractivity contribution is -0.484. The molecule has 0 bridgehead atoms. The van der Waals surface area contributed by atoms with E-state index in [0.717, 1.165) is 66.4 Å². The van der Waals surface area contributed by atoms with Crippen molar-refractivity contribution in [2.75, 3.05) is 18.1 Å². The second-order valence-corrected chi connectivity index (χ2v) is 14.0. The Labute approximate surface area is 313 Å². The van der Waals surface area contributed by atoms with Crippen LogP contribution in [0.3, 0.4) is 0 Å². The zero-order valence-electron chi connectivity index (χ0n) is 31.5. The number of esters is 1. The van der Waals surface area contributed by atoms with Crippen molar-refractivity contribution in [2.24, 2.45) is 11.8 Å². The highest BCUT2D eigenvalue weighted by atomic mass is 16.6. The number of anilines is 2. The van der Waals surface area contributed by atoms with Crippen molar-refractivity contribution in [3.63, 3.8) is 0 Å². The van der Waals surface area contributed by atoms with Gasteiger partial charge in [0.1, 0.15) is 30.0 Å². The maximum Gasteiger partial charge on any atom is 0.338 e. The first-order valence-electron chi connectivity index (χ1n) is 18.9. The fourth-order valence-corrected chi connectivity index (χ4v) is 7.22. The predicted octanol–water partition coefficient (Wildman–Crippen LogP) is 9.46. The summed E-state index contributed by atoms with van der Waals surface area (Å²) in [7, 11) is 0. The molecule has 1 aliphatic heterocycles. The standard InChI is InChI=1S/C45H50N2O6/c1-7-32(8-2)46(36-19-23-38(24-20-36)51-27-40-28-52-40)34-15-11-30(12-16-34)41-43(48)42(44(41)49)31-13-17-35(18-14-31)47(33(9-3)10-4)37-21-25-39(26-22-37)53-45(50)29(5)6/h11-26,31-33,40,42H,5,7-10,27-28H2,1-4,6H3/p+1. The number of ether oxygens (including phenoxy) is 3. The summed E-state index contributed by atoms with van der Waals surface area (Å²) in [6.07, 6.45) is 12.1. The maximum absolute atomic E-state index is 13.7. The van der Waals surface area contributed by atoms with Crippen LogP contribution >= 0.6 is 0 Å². The fourth-order valence-electron chi connectivity index (χ4n) is 7.22. The Morgan fingerprint density at radius 1 is 0.887 bits per heavy atom. The summed E-state index contributed by atoms with van der Waals surface area (Å²) in [6, 6.07) is 24.1. The van der Waals surface area contributed by atoms with E-state index in [9.17, 15) is 14.7 Å². The van der Waals surface area contributed by atoms with Crippen molar-refractivity contribution in [1.29, 1.82) is 0 Å². The van der Waals surface area contributed by atoms with Crippen LogP contribution < -0.4 is 14.4 Å². The second-order valence-electron chi connectivity index (χ2n) is 14.0. The van der Waals surface area contributed by atoms with Gasteiger partial charge in [0.25, 0.3) is 0 Å². The van der Waals surface area contributed by atoms with E-state index in [1.165, 1.54) is 0 Å². The summed E-state index contributed by atoms with van der Waals surface area (Å²) in [5.74, 6) is 0.0295. The molecule has 8 heteroatoms. The van der Waals surface area contributed by atoms with Gasteiger partial charge in [-0.2, -0.15) is 4.58 Å². The van der Waals surface area contributed by atoms with Crippen LogP contribution in [-0.4, -0.2) is 58.5 Å². The van der Waals surface area contributed by atoms with E-state index in [0.29, 0.717) is 23.5 Å². The van der Waals surface area contributed by atoms with Crippen molar-refractivity contribution in [3.05, 3.63) is 121 Å². The molecule has 0 aromatic heterocycles. The molecule has 8 nitrogen and oxygen atoms in total. The topological polar surface area (TPSA) is 91.6 Å². The number of allylic oxidation sites excluding steroid dienone is 6. The molecule has 3 aromatic rings. The highest BCUT2D eigenvalue weighted by Gasteiger charge is 2.44. The van der Waals surface area contributed by atoms with E-state index in [2.05, 4.69) is 55.9 Å². The molecule has 0 radical (unpaired) electrons. The van der Waals surface area contributed by atoms with Gasteiger partial charge >= 0.3 is 5.97 Å². The van der Waals surface area contributed by atoms with Crippen LogP contribution in [0, 0.1) is 11.8 Å². The molecule has 1 fully saturated rings. The Morgan fingerprint density at radius 3 is 1.96 bits per heavy atom. The smallest absolute Gasteiger partial charge is 0.338 e. The molecule has 0 spiro atoms. The number of rotatable bonds is 16. The lowest BCUT2D eigenvalue weighted by atomic mass is 9.71. The molecule has 1 heterocycles. The highest BCUT2D eigenvalue weighted by Crippen LogP contribution is 2.43. The lowest BCUT2D eigenvalue weighted by Gasteiger charge is -2.34. The number of hydrogen-bond donors (Lipinski definition) is 1. The molecule has 2 unspecified atom stereocenters. The SMILES string of the molecule is C=C(C)C(=O)Oc1ccc([N+](=C2C=CC(C3C(=O)C(c4ccc(N(c5ccc(OCC6CO6)cc5)C(CC)CC)cc4)=C3O)C=C2)C(CC)CC)cc1. The zero-order valence-corrected chi connectivity index (χ0v) is 31.5. The molecular formula is C45H51N2O6+. The largest absolute Gasteiger partial charge is 0.511 e. The van der Waals surface area contributed by atoms with Gasteiger partial charge in [-0.15, -0.1) is 0 Å². The fraction of sp³-hybridized carbons (Fsp3) is 0.356. The number of ketones is 1. The molecule has 3 aliphatic rings. The number of Topliss-reactive ketones (excluding diaryl/α,β-unsaturated/α-hetero) is 1. The van der Waals surface area contributed by atoms with Crippen molar-refractivity contribution < 1.29 is 33.5 Å². The molecule has 2 atom stereocenters. The number of aliphatic hydroxyl groups excluding tert-OH is 1. The van der Waals surface area contributed by atoms with Crippen LogP contribution in [0.25, 0.3) is 5.57 Å². The Morgan fingerprint density at radius 2 is 1.45 bits per heavy atom. The van der Waals surface area contributed by atoms with Crippen LogP contribution in [0.1, 0.15) is 65.9 Å². The molecule has 53 heavy (non-hydrogen) atoms. The van der Waals surface area contributed by atoms with Crippen LogP contribution in [0.2, 0.25) is 0 Å². The highest BCUT2D eigenvalue weighted by molar-refractivity contribution is 6.30. The minimum Gasteiger partial charge on any atom is -0.511 e. The van der Waals surface area contributed by atoms with Gasteiger partial charge in [0.15, 0.2) is 11.8 Å². The number of hydrogen-bond acceptors (Lipinski definition) is 7. The van der Waals surface area contributed by atoms with Gasteiger partial charge in [-0.1, -0.05) is 58.6 Å². The van der Waals surface area contributed by atoms with Crippen molar-refractivity contribution in [2.45, 2.75) is 78.5 Å². The number of carbonyl (C=O) groups is 2. The van der Waals surface area contributed by atoms with Crippen molar-refractivity contribution in [3.8, 4) is 11.5 Å². The molecule has 276 valence electrons. The average Bonchev–Trinajstić information content (AvgIpc) is 4.01. The molecule has 1 N–H and O–H groups in total. The van der Waals surface area contributed by atoms with E-state index in [-0.39, 0.29) is 35.6 Å². The summed E-state index contributed by atoms with van der Waals surface area (Å²) in [5.41, 5.74) is 5.50. The van der Waals surface area contributed by atoms with E-state index in [4.69, 9.17) is 14.2 Å². The van der Waals surface area contributed by atoms with E-state index in [1.54, 1.807) is 19.1 Å². The first-order chi connectivity index (χ1) is 25.7. The normalized spacial score (nSPS) is 19.0. The summed E-state index contributed by atoms with van der Waals surface area (Å²) in [6.45, 7) is 15.3. The number of epoxide rings is 1. The lowest BCUT2D eigenvalue weighted by Crippen LogP contribution is -2.36. The molecule has 6 rings (SSSR count). The van der Waals surface area contributed by atoms with Crippen LogP contribution in [0.4, 0.5) is 17.1 Å². The van der Waals surface area contributed by atoms with Gasteiger partial charge in [0.2, 0.25) is 11.4 Å². The molecule has 0 saturated carbocycles. The van der Waals surface area contributed by atoms with Gasteiger partial charge in [-0.3, -0.25) is 4.79 Å². The number of benzene rings is 3. The number of carbonyl (C=O) groups excluding carboxylic acids is 2. The third-order valence-corrected chi connectivity index (χ3v) is 10.4. The van der Waals surface area contributed by atoms with Crippen molar-refractivity contribution in [1.82, 2.24) is 0 Å². The molecule has 1 saturated heterocycles. The van der Waals surface area contributed by atoms with Gasteiger partial charge in [-0.25, -0.2) is 4.79 Å². The first-order valence-corrected chi connectivity index (χ1v) is 18.9. The maximum atomic E-state index is 13.7. The van der Waals surface area contributed by atoms with Crippen LogP contribution in [-0.2, 0) is 14.3 Å². The second kappa shape index (κ2) is 16.6. The quantitative estimate of drug-likeness (QED) is 0.0520. The Bertz CT molecular complexity index is 1910. The van der Waals surface area contributed by atoms with Gasteiger partial charge in [0, 0.05) is 66.0 Å². The van der Waals surface area contributed by atoms with Gasteiger partial charge < -0.3 is 24.2 Å². The molecule has 2 aliphatic carbocycles. The third kappa shape index (κ3) is 8.23. The van der Waals surface area contributed by atoms with E-state index >= 15 is 0 Å². The van der Waals surface area contributed by atoms with E-state index < -0.39 is 11.9 Å². The monoisotopic (exact) mass is 715 g/mol. The Hall–Kier alpha value is -5.21. The summed E-state index contributed by atoms with van der Waals surface area (Å²) >= 11 is 0. The molecule has 0 amide bonds. The van der Waals surface area contributed by atoms with Gasteiger partial charge in [0.05, 0.1) is 18.1 Å². The van der Waals surface area contributed by atoms with Gasteiger partial charge in [-0.05, 0) is 73.9 Å². The number of nitrogens with zero attached hydrogens (tertiary/aromatic N) is 2.